The summed E-state index contributed by atoms with van der Waals surface area (Å²) >= 11 is 0. The molecule has 2 saturated heterocycles. The Hall–Kier alpha value is -2.42. The monoisotopic (exact) mass is 410 g/mol. The number of alkyl halides is 3. The number of nitrogens with zero attached hydrogens (tertiary/aromatic N) is 3. The van der Waals surface area contributed by atoms with E-state index in [-0.39, 0.29) is 23.1 Å². The lowest BCUT2D eigenvalue weighted by molar-refractivity contribution is -0.137. The molecular formula is C20H22F4N4O. The first-order valence-electron chi connectivity index (χ1n) is 9.53. The van der Waals surface area contributed by atoms with E-state index in [4.69, 9.17) is 4.74 Å². The summed E-state index contributed by atoms with van der Waals surface area (Å²) in [6.45, 7) is 4.38. The van der Waals surface area contributed by atoms with E-state index in [0.29, 0.717) is 38.3 Å². The van der Waals surface area contributed by atoms with Crippen LogP contribution in [0, 0.1) is 11.2 Å². The van der Waals surface area contributed by atoms with Gasteiger partial charge in [-0.15, -0.1) is 0 Å². The summed E-state index contributed by atoms with van der Waals surface area (Å²) in [5.41, 5.74) is -0.0327. The highest BCUT2D eigenvalue weighted by Gasteiger charge is 2.35. The summed E-state index contributed by atoms with van der Waals surface area (Å²) in [5, 5.41) is 3.04. The second-order valence-electron chi connectivity index (χ2n) is 7.99. The maximum absolute atomic E-state index is 15.1. The van der Waals surface area contributed by atoms with Gasteiger partial charge in [0, 0.05) is 18.5 Å². The van der Waals surface area contributed by atoms with Crippen molar-refractivity contribution < 1.29 is 22.3 Å². The van der Waals surface area contributed by atoms with Gasteiger partial charge in [-0.3, -0.25) is 0 Å². The van der Waals surface area contributed by atoms with Crippen LogP contribution in [0.3, 0.4) is 0 Å². The molecule has 1 aromatic carbocycles. The Bertz CT molecular complexity index is 868. The lowest BCUT2D eigenvalue weighted by Crippen LogP contribution is -2.45. The molecule has 156 valence electrons. The zero-order valence-electron chi connectivity index (χ0n) is 16.0. The summed E-state index contributed by atoms with van der Waals surface area (Å²) in [4.78, 5) is 9.95. The highest BCUT2D eigenvalue weighted by molar-refractivity contribution is 5.53. The molecular weight excluding hydrogens is 388 g/mol. The van der Waals surface area contributed by atoms with Crippen LogP contribution < -0.4 is 10.2 Å². The summed E-state index contributed by atoms with van der Waals surface area (Å²) in [5.74, 6) is -0.253. The van der Waals surface area contributed by atoms with Crippen LogP contribution in [0.1, 0.15) is 36.9 Å². The standard InChI is InChI=1S/C20H22F4N4O/c1-19(10-29-11-19)9-25-17-16(21)18(27-12-26-17)28-8-2-3-15(28)13-4-6-14(7-5-13)20(22,23)24/h4-7,12,15H,2-3,8-11H2,1H3,(H,25,26,27). The molecule has 2 aliphatic heterocycles. The number of hydrogen-bond donors (Lipinski definition) is 1. The highest BCUT2D eigenvalue weighted by atomic mass is 19.4. The molecule has 0 saturated carbocycles. The minimum Gasteiger partial charge on any atom is -0.380 e. The minimum atomic E-state index is -4.38. The molecule has 1 aromatic heterocycles. The van der Waals surface area contributed by atoms with Crippen molar-refractivity contribution in [1.82, 2.24) is 9.97 Å². The maximum atomic E-state index is 15.1. The lowest BCUT2D eigenvalue weighted by atomic mass is 9.89. The number of ether oxygens (including phenoxy) is 1. The molecule has 2 aromatic rings. The predicted molar refractivity (Wildman–Crippen MR) is 100 cm³/mol. The van der Waals surface area contributed by atoms with Gasteiger partial charge in [0.25, 0.3) is 0 Å². The minimum absolute atomic E-state index is 0.0477. The van der Waals surface area contributed by atoms with Crippen LogP contribution >= 0.6 is 0 Å². The van der Waals surface area contributed by atoms with Gasteiger partial charge >= 0.3 is 6.18 Å². The molecule has 1 unspecified atom stereocenters. The summed E-state index contributed by atoms with van der Waals surface area (Å²) in [7, 11) is 0. The van der Waals surface area contributed by atoms with Gasteiger partial charge in [-0.1, -0.05) is 19.1 Å². The second kappa shape index (κ2) is 7.44. The van der Waals surface area contributed by atoms with Gasteiger partial charge in [0.15, 0.2) is 11.6 Å². The van der Waals surface area contributed by atoms with Crippen LogP contribution in [0.25, 0.3) is 0 Å². The lowest BCUT2D eigenvalue weighted by Gasteiger charge is -2.38. The van der Waals surface area contributed by atoms with Crippen LogP contribution in [-0.4, -0.2) is 36.3 Å². The molecule has 5 nitrogen and oxygen atoms in total. The number of rotatable bonds is 5. The number of aromatic nitrogens is 2. The van der Waals surface area contributed by atoms with Crippen molar-refractivity contribution in [2.24, 2.45) is 5.41 Å². The number of halogens is 4. The molecule has 0 aliphatic carbocycles. The Balaban J connectivity index is 1.54. The van der Waals surface area contributed by atoms with E-state index in [0.717, 1.165) is 18.6 Å². The van der Waals surface area contributed by atoms with Crippen LogP contribution in [0.2, 0.25) is 0 Å². The molecule has 4 rings (SSSR count). The number of hydrogen-bond acceptors (Lipinski definition) is 5. The quantitative estimate of drug-likeness (QED) is 0.740. The van der Waals surface area contributed by atoms with Crippen molar-refractivity contribution in [2.45, 2.75) is 32.0 Å². The Labute approximate surface area is 166 Å². The molecule has 0 radical (unpaired) electrons. The van der Waals surface area contributed by atoms with Crippen molar-refractivity contribution >= 4 is 11.6 Å². The summed E-state index contributed by atoms with van der Waals surface area (Å²) < 4.78 is 58.8. The first kappa shape index (κ1) is 19.9. The third kappa shape index (κ3) is 4.01. The number of benzene rings is 1. The third-order valence-corrected chi connectivity index (χ3v) is 5.50. The Morgan fingerprint density at radius 3 is 2.55 bits per heavy atom. The molecule has 3 heterocycles. The smallest absolute Gasteiger partial charge is 0.380 e. The van der Waals surface area contributed by atoms with E-state index in [9.17, 15) is 13.2 Å². The van der Waals surface area contributed by atoms with Gasteiger partial charge in [0.05, 0.1) is 24.8 Å². The van der Waals surface area contributed by atoms with Crippen molar-refractivity contribution in [1.29, 1.82) is 0 Å². The molecule has 2 fully saturated rings. The summed E-state index contributed by atoms with van der Waals surface area (Å²) in [6.07, 6.45) is -1.56. The molecule has 2 aliphatic rings. The van der Waals surface area contributed by atoms with E-state index in [1.165, 1.54) is 18.5 Å². The normalized spacial score (nSPS) is 21.1. The number of anilines is 2. The molecule has 0 spiro atoms. The van der Waals surface area contributed by atoms with Crippen molar-refractivity contribution in [3.63, 3.8) is 0 Å². The average Bonchev–Trinajstić information content (AvgIpc) is 3.14. The zero-order valence-corrected chi connectivity index (χ0v) is 16.0. The molecule has 0 bridgehead atoms. The SMILES string of the molecule is CC1(CNc2ncnc(N3CCCC3c3ccc(C(F)(F)F)cc3)c2F)COC1. The first-order chi connectivity index (χ1) is 13.8. The Morgan fingerprint density at radius 1 is 1.21 bits per heavy atom. The van der Waals surface area contributed by atoms with E-state index < -0.39 is 17.6 Å². The zero-order chi connectivity index (χ0) is 20.6. The fourth-order valence-corrected chi connectivity index (χ4v) is 3.79. The van der Waals surface area contributed by atoms with Gasteiger partial charge in [-0.25, -0.2) is 9.97 Å². The maximum Gasteiger partial charge on any atom is 0.416 e. The highest BCUT2D eigenvalue weighted by Crippen LogP contribution is 2.38. The average molecular weight is 410 g/mol. The van der Waals surface area contributed by atoms with Gasteiger partial charge < -0.3 is 15.0 Å². The van der Waals surface area contributed by atoms with Crippen LogP contribution in [-0.2, 0) is 10.9 Å². The van der Waals surface area contributed by atoms with Crippen LogP contribution in [0.4, 0.5) is 29.2 Å². The van der Waals surface area contributed by atoms with E-state index in [2.05, 4.69) is 15.3 Å². The van der Waals surface area contributed by atoms with Crippen molar-refractivity contribution in [3.8, 4) is 0 Å². The predicted octanol–water partition coefficient (Wildman–Crippen LogP) is 4.42. The van der Waals surface area contributed by atoms with Crippen molar-refractivity contribution in [2.75, 3.05) is 36.5 Å². The van der Waals surface area contributed by atoms with E-state index >= 15 is 4.39 Å². The van der Waals surface area contributed by atoms with Gasteiger partial charge in [-0.05, 0) is 30.5 Å². The molecule has 29 heavy (non-hydrogen) atoms. The topological polar surface area (TPSA) is 50.3 Å². The number of nitrogens with one attached hydrogen (secondary N) is 1. The van der Waals surface area contributed by atoms with Gasteiger partial charge in [0.2, 0.25) is 5.82 Å². The molecule has 1 atom stereocenters. The van der Waals surface area contributed by atoms with E-state index in [1.54, 1.807) is 4.90 Å². The third-order valence-electron chi connectivity index (χ3n) is 5.50. The van der Waals surface area contributed by atoms with Crippen LogP contribution in [0.15, 0.2) is 30.6 Å². The molecule has 0 amide bonds. The fourth-order valence-electron chi connectivity index (χ4n) is 3.79. The fraction of sp³-hybridized carbons (Fsp3) is 0.500. The van der Waals surface area contributed by atoms with E-state index in [1.807, 2.05) is 6.92 Å². The summed E-state index contributed by atoms with van der Waals surface area (Å²) in [6, 6.07) is 4.82. The Kier molecular flexibility index (Phi) is 5.10. The van der Waals surface area contributed by atoms with Crippen LogP contribution in [0.5, 0.6) is 0 Å². The molecule has 9 heteroatoms. The Morgan fingerprint density at radius 2 is 1.93 bits per heavy atom. The van der Waals surface area contributed by atoms with Crippen molar-refractivity contribution in [3.05, 3.63) is 47.5 Å². The molecule has 1 N–H and O–H groups in total. The second-order valence-corrected chi connectivity index (χ2v) is 7.99. The largest absolute Gasteiger partial charge is 0.416 e. The van der Waals surface area contributed by atoms with Gasteiger partial charge in [0.1, 0.15) is 6.33 Å². The first-order valence-corrected chi connectivity index (χ1v) is 9.53. The van der Waals surface area contributed by atoms with Gasteiger partial charge in [-0.2, -0.15) is 17.6 Å².